The number of carbonyl (C=O) groups excluding carboxylic acids is 2. The highest BCUT2D eigenvalue weighted by Crippen LogP contribution is 2.43. The standard InChI is InChI=1S/C16H15Cl2NO2/c1-8-5-11-12(6-9(8)2)16(21)19(15(11)20)14-7-10(17)3-4-13(14)18/h3-4,7,11-12H,5-6H2,1-2H3/t11-,12-/m1/s1. The molecule has 0 saturated carbocycles. The zero-order chi connectivity index (χ0) is 15.3. The maximum Gasteiger partial charge on any atom is 0.238 e. The van der Waals surface area contributed by atoms with Gasteiger partial charge in [-0.05, 0) is 44.9 Å². The summed E-state index contributed by atoms with van der Waals surface area (Å²) in [5, 5.41) is 0.816. The Morgan fingerprint density at radius 2 is 1.52 bits per heavy atom. The first kappa shape index (κ1) is 14.6. The Bertz CT molecular complexity index is 649. The molecule has 1 saturated heterocycles. The lowest BCUT2D eigenvalue weighted by Crippen LogP contribution is -2.31. The molecule has 0 bridgehead atoms. The molecule has 1 aliphatic heterocycles. The van der Waals surface area contributed by atoms with Gasteiger partial charge in [-0.3, -0.25) is 9.59 Å². The van der Waals surface area contributed by atoms with E-state index in [1.54, 1.807) is 18.2 Å². The van der Waals surface area contributed by atoms with Crippen molar-refractivity contribution in [1.82, 2.24) is 0 Å². The Morgan fingerprint density at radius 3 is 2.05 bits per heavy atom. The Morgan fingerprint density at radius 1 is 1.00 bits per heavy atom. The molecule has 3 rings (SSSR count). The van der Waals surface area contributed by atoms with E-state index in [-0.39, 0.29) is 23.7 Å². The van der Waals surface area contributed by atoms with Gasteiger partial charge in [0.15, 0.2) is 0 Å². The molecule has 2 aliphatic rings. The first-order chi connectivity index (χ1) is 9.90. The molecular formula is C16H15Cl2NO2. The molecule has 0 aromatic heterocycles. The normalized spacial score (nSPS) is 25.6. The third kappa shape index (κ3) is 2.29. The number of halogens is 2. The number of allylic oxidation sites excluding steroid dienone is 2. The molecule has 1 aromatic carbocycles. The second-order valence-corrected chi connectivity index (χ2v) is 6.63. The van der Waals surface area contributed by atoms with Crippen LogP contribution in [0.25, 0.3) is 0 Å². The highest BCUT2D eigenvalue weighted by atomic mass is 35.5. The van der Waals surface area contributed by atoms with Crippen LogP contribution in [0.4, 0.5) is 5.69 Å². The Labute approximate surface area is 133 Å². The molecule has 1 aromatic rings. The van der Waals surface area contributed by atoms with Gasteiger partial charge in [0.25, 0.3) is 0 Å². The van der Waals surface area contributed by atoms with Crippen LogP contribution in [0.2, 0.25) is 10.0 Å². The lowest BCUT2D eigenvalue weighted by Gasteiger charge is -2.23. The van der Waals surface area contributed by atoms with Crippen molar-refractivity contribution >= 4 is 40.7 Å². The zero-order valence-corrected chi connectivity index (χ0v) is 13.3. The first-order valence-electron chi connectivity index (χ1n) is 6.88. The summed E-state index contributed by atoms with van der Waals surface area (Å²) in [7, 11) is 0. The highest BCUT2D eigenvalue weighted by molar-refractivity contribution is 6.37. The molecule has 0 spiro atoms. The van der Waals surface area contributed by atoms with E-state index >= 15 is 0 Å². The Balaban J connectivity index is 2.02. The van der Waals surface area contributed by atoms with Crippen molar-refractivity contribution in [3.8, 4) is 0 Å². The van der Waals surface area contributed by atoms with E-state index < -0.39 is 0 Å². The summed E-state index contributed by atoms with van der Waals surface area (Å²) in [6.07, 6.45) is 1.30. The lowest BCUT2D eigenvalue weighted by molar-refractivity contribution is -0.122. The number of rotatable bonds is 1. The molecule has 2 amide bonds. The average Bonchev–Trinajstić information content (AvgIpc) is 2.66. The van der Waals surface area contributed by atoms with E-state index in [9.17, 15) is 9.59 Å². The summed E-state index contributed by atoms with van der Waals surface area (Å²) in [6, 6.07) is 4.82. The third-order valence-electron chi connectivity index (χ3n) is 4.49. The highest BCUT2D eigenvalue weighted by Gasteiger charge is 2.50. The Kier molecular flexibility index (Phi) is 3.58. The summed E-state index contributed by atoms with van der Waals surface area (Å²) in [4.78, 5) is 26.5. The van der Waals surface area contributed by atoms with Crippen molar-refractivity contribution < 1.29 is 9.59 Å². The number of benzene rings is 1. The van der Waals surface area contributed by atoms with Crippen molar-refractivity contribution in [1.29, 1.82) is 0 Å². The van der Waals surface area contributed by atoms with Gasteiger partial charge in [-0.15, -0.1) is 0 Å². The molecule has 1 heterocycles. The predicted octanol–water partition coefficient (Wildman–Crippen LogP) is 4.23. The molecule has 21 heavy (non-hydrogen) atoms. The van der Waals surface area contributed by atoms with Crippen LogP contribution in [0, 0.1) is 11.8 Å². The van der Waals surface area contributed by atoms with E-state index in [0.717, 1.165) is 0 Å². The number of hydrogen-bond acceptors (Lipinski definition) is 2. The molecule has 0 N–H and O–H groups in total. The zero-order valence-electron chi connectivity index (χ0n) is 11.8. The van der Waals surface area contributed by atoms with E-state index in [4.69, 9.17) is 23.2 Å². The number of imide groups is 1. The predicted molar refractivity (Wildman–Crippen MR) is 83.5 cm³/mol. The topological polar surface area (TPSA) is 37.4 Å². The molecule has 0 unspecified atom stereocenters. The van der Waals surface area contributed by atoms with Crippen molar-refractivity contribution in [2.75, 3.05) is 4.90 Å². The summed E-state index contributed by atoms with van der Waals surface area (Å²) in [5.41, 5.74) is 2.80. The molecular weight excluding hydrogens is 309 g/mol. The van der Waals surface area contributed by atoms with Crippen LogP contribution in [0.5, 0.6) is 0 Å². The fourth-order valence-corrected chi connectivity index (χ4v) is 3.51. The number of carbonyl (C=O) groups is 2. The first-order valence-corrected chi connectivity index (χ1v) is 7.64. The number of anilines is 1. The summed E-state index contributed by atoms with van der Waals surface area (Å²) in [6.45, 7) is 4.05. The van der Waals surface area contributed by atoms with E-state index in [2.05, 4.69) is 0 Å². The fourth-order valence-electron chi connectivity index (χ4n) is 3.15. The lowest BCUT2D eigenvalue weighted by atomic mass is 9.78. The van der Waals surface area contributed by atoms with Gasteiger partial charge in [0.2, 0.25) is 11.8 Å². The van der Waals surface area contributed by atoms with E-state index in [1.807, 2.05) is 13.8 Å². The summed E-state index contributed by atoms with van der Waals surface area (Å²) >= 11 is 12.1. The minimum Gasteiger partial charge on any atom is -0.274 e. The largest absolute Gasteiger partial charge is 0.274 e. The van der Waals surface area contributed by atoms with Gasteiger partial charge in [-0.2, -0.15) is 0 Å². The van der Waals surface area contributed by atoms with Crippen LogP contribution in [0.3, 0.4) is 0 Å². The fraction of sp³-hybridized carbons (Fsp3) is 0.375. The molecule has 3 nitrogen and oxygen atoms in total. The quantitative estimate of drug-likeness (QED) is 0.573. The van der Waals surface area contributed by atoms with Crippen LogP contribution in [-0.2, 0) is 9.59 Å². The summed E-state index contributed by atoms with van der Waals surface area (Å²) in [5.74, 6) is -0.866. The van der Waals surface area contributed by atoms with Gasteiger partial charge in [-0.1, -0.05) is 34.3 Å². The monoisotopic (exact) mass is 323 g/mol. The van der Waals surface area contributed by atoms with Gasteiger partial charge < -0.3 is 0 Å². The van der Waals surface area contributed by atoms with Crippen molar-refractivity contribution in [2.24, 2.45) is 11.8 Å². The minimum atomic E-state index is -0.267. The van der Waals surface area contributed by atoms with Gasteiger partial charge in [0, 0.05) is 5.02 Å². The molecule has 0 radical (unpaired) electrons. The van der Waals surface area contributed by atoms with Crippen LogP contribution in [-0.4, -0.2) is 11.8 Å². The van der Waals surface area contributed by atoms with Crippen LogP contribution >= 0.6 is 23.2 Å². The van der Waals surface area contributed by atoms with Crippen molar-refractivity contribution in [3.05, 3.63) is 39.4 Å². The molecule has 2 atom stereocenters. The van der Waals surface area contributed by atoms with E-state index in [1.165, 1.54) is 16.0 Å². The van der Waals surface area contributed by atoms with Crippen LogP contribution < -0.4 is 4.90 Å². The minimum absolute atomic E-state index is 0.166. The molecule has 5 heteroatoms. The second-order valence-electron chi connectivity index (χ2n) is 5.79. The number of hydrogen-bond donors (Lipinski definition) is 0. The Hall–Kier alpha value is -1.32. The third-order valence-corrected chi connectivity index (χ3v) is 5.05. The SMILES string of the molecule is CC1=C(C)C[C@H]2C(=O)N(c3cc(Cl)ccc3Cl)C(=O)[C@@H]2C1. The molecule has 1 fully saturated rings. The number of fused-ring (bicyclic) bond motifs is 1. The average molecular weight is 324 g/mol. The van der Waals surface area contributed by atoms with Crippen molar-refractivity contribution in [3.63, 3.8) is 0 Å². The number of nitrogens with zero attached hydrogens (tertiary/aromatic N) is 1. The maximum absolute atomic E-state index is 12.6. The van der Waals surface area contributed by atoms with Crippen LogP contribution in [0.15, 0.2) is 29.3 Å². The number of amides is 2. The van der Waals surface area contributed by atoms with Crippen molar-refractivity contribution in [2.45, 2.75) is 26.7 Å². The molecule has 110 valence electrons. The van der Waals surface area contributed by atoms with Gasteiger partial charge in [-0.25, -0.2) is 4.90 Å². The van der Waals surface area contributed by atoms with Crippen LogP contribution in [0.1, 0.15) is 26.7 Å². The smallest absolute Gasteiger partial charge is 0.238 e. The molecule has 1 aliphatic carbocycles. The summed E-state index contributed by atoms with van der Waals surface area (Å²) < 4.78 is 0. The van der Waals surface area contributed by atoms with E-state index in [0.29, 0.717) is 28.6 Å². The van der Waals surface area contributed by atoms with Gasteiger partial charge in [0.05, 0.1) is 22.5 Å². The second kappa shape index (κ2) is 5.15. The maximum atomic E-state index is 12.6. The van der Waals surface area contributed by atoms with Gasteiger partial charge >= 0.3 is 0 Å². The van der Waals surface area contributed by atoms with Gasteiger partial charge in [0.1, 0.15) is 0 Å².